The third-order valence-electron chi connectivity index (χ3n) is 7.06. The summed E-state index contributed by atoms with van der Waals surface area (Å²) in [5, 5.41) is 17.3. The van der Waals surface area contributed by atoms with Crippen LogP contribution >= 0.6 is 23.4 Å². The van der Waals surface area contributed by atoms with Crippen LogP contribution < -0.4 is 10.6 Å². The van der Waals surface area contributed by atoms with Crippen molar-refractivity contribution in [1.82, 2.24) is 20.5 Å². The molecule has 40 heavy (non-hydrogen) atoms. The van der Waals surface area contributed by atoms with E-state index in [4.69, 9.17) is 11.6 Å². The summed E-state index contributed by atoms with van der Waals surface area (Å²) in [6.07, 6.45) is 1.38. The number of amides is 3. The zero-order valence-electron chi connectivity index (χ0n) is 22.6. The molecule has 3 amide bonds. The van der Waals surface area contributed by atoms with E-state index in [1.165, 1.54) is 35.1 Å². The van der Waals surface area contributed by atoms with Crippen molar-refractivity contribution in [2.75, 3.05) is 5.88 Å². The van der Waals surface area contributed by atoms with E-state index in [-0.39, 0.29) is 28.8 Å². The topological polar surface area (TPSA) is 112 Å². The second-order valence-electron chi connectivity index (χ2n) is 10.3. The summed E-state index contributed by atoms with van der Waals surface area (Å²) < 4.78 is -0.589. The number of aryl methyl sites for hydroxylation is 1. The second kappa shape index (κ2) is 12.8. The quantitative estimate of drug-likeness (QED) is 0.355. The Balaban J connectivity index is 1.55. The Morgan fingerprint density at radius 1 is 1.12 bits per heavy atom. The van der Waals surface area contributed by atoms with Crippen molar-refractivity contribution in [3.8, 4) is 0 Å². The maximum Gasteiger partial charge on any atom is 0.254 e. The minimum absolute atomic E-state index is 0.155. The van der Waals surface area contributed by atoms with Crippen LogP contribution in [0.1, 0.15) is 40.9 Å². The van der Waals surface area contributed by atoms with Gasteiger partial charge in [-0.25, -0.2) is 0 Å². The first kappa shape index (κ1) is 29.6. The van der Waals surface area contributed by atoms with E-state index >= 15 is 0 Å². The SMILES string of the molecule is Cc1ccccc1CNC(=O)C1N(C(=O)C(O)C(Cc2ccccc2)NC(=O)c2ccncc2Cl)CSC1(C)C. The maximum absolute atomic E-state index is 13.8. The van der Waals surface area contributed by atoms with Gasteiger partial charge < -0.3 is 20.6 Å². The molecule has 210 valence electrons. The molecule has 1 aromatic heterocycles. The fourth-order valence-electron chi connectivity index (χ4n) is 4.76. The Hall–Kier alpha value is -3.40. The second-order valence-corrected chi connectivity index (χ2v) is 12.3. The number of carbonyl (C=O) groups excluding carboxylic acids is 3. The number of nitrogens with zero attached hydrogens (tertiary/aromatic N) is 2. The van der Waals surface area contributed by atoms with Crippen molar-refractivity contribution < 1.29 is 19.5 Å². The van der Waals surface area contributed by atoms with E-state index in [0.29, 0.717) is 6.54 Å². The molecule has 1 aliphatic rings. The Kier molecular flexibility index (Phi) is 9.50. The van der Waals surface area contributed by atoms with Crippen LogP contribution in [-0.2, 0) is 22.6 Å². The largest absolute Gasteiger partial charge is 0.381 e. The minimum atomic E-state index is -1.61. The molecular formula is C30H33ClN4O4S. The van der Waals surface area contributed by atoms with Crippen molar-refractivity contribution in [1.29, 1.82) is 0 Å². The summed E-state index contributed by atoms with van der Waals surface area (Å²) in [4.78, 5) is 45.7. The lowest BCUT2D eigenvalue weighted by Gasteiger charge is -2.33. The summed E-state index contributed by atoms with van der Waals surface area (Å²) in [5.74, 6) is -1.24. The Bertz CT molecular complexity index is 1370. The zero-order valence-corrected chi connectivity index (χ0v) is 24.2. The number of aromatic nitrogens is 1. The fraction of sp³-hybridized carbons (Fsp3) is 0.333. The molecular weight excluding hydrogens is 548 g/mol. The lowest BCUT2D eigenvalue weighted by atomic mass is 9.97. The molecule has 3 N–H and O–H groups in total. The van der Waals surface area contributed by atoms with Gasteiger partial charge in [-0.15, -0.1) is 11.8 Å². The average Bonchev–Trinajstić information content (AvgIpc) is 3.26. The number of halogens is 1. The van der Waals surface area contributed by atoms with Crippen LogP contribution in [0.5, 0.6) is 0 Å². The van der Waals surface area contributed by atoms with Gasteiger partial charge in [-0.2, -0.15) is 0 Å². The van der Waals surface area contributed by atoms with Gasteiger partial charge in [0, 0.05) is 23.7 Å². The van der Waals surface area contributed by atoms with Crippen molar-refractivity contribution in [3.63, 3.8) is 0 Å². The first-order valence-corrected chi connectivity index (χ1v) is 14.3. The van der Waals surface area contributed by atoms with Crippen LogP contribution in [0.25, 0.3) is 0 Å². The van der Waals surface area contributed by atoms with E-state index in [1.807, 2.05) is 75.4 Å². The van der Waals surface area contributed by atoms with E-state index in [2.05, 4.69) is 15.6 Å². The average molecular weight is 581 g/mol. The third-order valence-corrected chi connectivity index (χ3v) is 8.73. The van der Waals surface area contributed by atoms with Crippen LogP contribution in [0, 0.1) is 6.92 Å². The number of benzene rings is 2. The lowest BCUT2D eigenvalue weighted by Crippen LogP contribution is -2.58. The lowest BCUT2D eigenvalue weighted by molar-refractivity contribution is -0.147. The van der Waals surface area contributed by atoms with Crippen molar-refractivity contribution in [2.24, 2.45) is 0 Å². The minimum Gasteiger partial charge on any atom is -0.381 e. The molecule has 0 bridgehead atoms. The summed E-state index contributed by atoms with van der Waals surface area (Å²) in [6, 6.07) is 16.7. The van der Waals surface area contributed by atoms with Crippen molar-refractivity contribution in [3.05, 3.63) is 100 Å². The van der Waals surface area contributed by atoms with Gasteiger partial charge in [0.05, 0.1) is 22.5 Å². The van der Waals surface area contributed by atoms with Crippen LogP contribution in [0.15, 0.2) is 73.1 Å². The molecule has 0 spiro atoms. The van der Waals surface area contributed by atoms with Gasteiger partial charge >= 0.3 is 0 Å². The number of hydrogen-bond donors (Lipinski definition) is 3. The fourth-order valence-corrected chi connectivity index (χ4v) is 6.10. The number of rotatable bonds is 9. The van der Waals surface area contributed by atoms with Gasteiger partial charge in [-0.05, 0) is 49.9 Å². The number of carbonyl (C=O) groups is 3. The van der Waals surface area contributed by atoms with E-state index in [0.717, 1.165) is 16.7 Å². The summed E-state index contributed by atoms with van der Waals surface area (Å²) in [6.45, 7) is 6.12. The molecule has 0 saturated carbocycles. The molecule has 4 rings (SSSR count). The Labute approximate surface area is 243 Å². The molecule has 3 atom stereocenters. The highest BCUT2D eigenvalue weighted by molar-refractivity contribution is 8.00. The highest BCUT2D eigenvalue weighted by atomic mass is 35.5. The van der Waals surface area contributed by atoms with Crippen LogP contribution in [-0.4, -0.2) is 61.5 Å². The molecule has 1 fully saturated rings. The number of hydrogen-bond acceptors (Lipinski definition) is 6. The molecule has 0 aliphatic carbocycles. The van der Waals surface area contributed by atoms with Gasteiger partial charge in [0.25, 0.3) is 11.8 Å². The normalized spacial score (nSPS) is 17.6. The van der Waals surface area contributed by atoms with Crippen LogP contribution in [0.4, 0.5) is 0 Å². The van der Waals surface area contributed by atoms with E-state index in [1.54, 1.807) is 0 Å². The van der Waals surface area contributed by atoms with Gasteiger partial charge in [0.2, 0.25) is 5.91 Å². The smallest absolute Gasteiger partial charge is 0.254 e. The van der Waals surface area contributed by atoms with Crippen LogP contribution in [0.3, 0.4) is 0 Å². The molecule has 8 nitrogen and oxygen atoms in total. The van der Waals surface area contributed by atoms with E-state index < -0.39 is 34.7 Å². The number of pyridine rings is 1. The molecule has 1 aliphatic heterocycles. The predicted molar refractivity (Wildman–Crippen MR) is 157 cm³/mol. The molecule has 2 aromatic carbocycles. The van der Waals surface area contributed by atoms with Crippen LogP contribution in [0.2, 0.25) is 5.02 Å². The molecule has 2 heterocycles. The molecule has 1 saturated heterocycles. The first-order chi connectivity index (χ1) is 19.1. The highest BCUT2D eigenvalue weighted by Gasteiger charge is 2.49. The summed E-state index contributed by atoms with van der Waals surface area (Å²) >= 11 is 7.63. The monoisotopic (exact) mass is 580 g/mol. The zero-order chi connectivity index (χ0) is 28.9. The van der Waals surface area contributed by atoms with E-state index in [9.17, 15) is 19.5 Å². The predicted octanol–water partition coefficient (Wildman–Crippen LogP) is 3.74. The number of thioether (sulfide) groups is 1. The Morgan fingerprint density at radius 3 is 2.52 bits per heavy atom. The Morgan fingerprint density at radius 2 is 1.82 bits per heavy atom. The van der Waals surface area contributed by atoms with Gasteiger partial charge in [-0.3, -0.25) is 19.4 Å². The number of nitrogens with one attached hydrogen (secondary N) is 2. The first-order valence-electron chi connectivity index (χ1n) is 13.0. The molecule has 3 unspecified atom stereocenters. The van der Waals surface area contributed by atoms with Crippen molar-refractivity contribution >= 4 is 41.1 Å². The standard InChI is InChI=1S/C30H33ClN4O4S/c1-19-9-7-8-12-21(19)16-33-28(38)26-30(2,3)40-18-35(26)29(39)25(36)24(15-20-10-5-4-6-11-20)34-27(37)22-13-14-32-17-23(22)31/h4-14,17,24-26,36H,15-16,18H2,1-3H3,(H,33,38)(H,34,37). The highest BCUT2D eigenvalue weighted by Crippen LogP contribution is 2.40. The summed E-state index contributed by atoms with van der Waals surface area (Å²) in [7, 11) is 0. The van der Waals surface area contributed by atoms with Gasteiger partial charge in [0.15, 0.2) is 6.10 Å². The molecule has 3 aromatic rings. The molecule has 10 heteroatoms. The summed E-state index contributed by atoms with van der Waals surface area (Å²) in [5.41, 5.74) is 3.04. The number of aliphatic hydroxyl groups is 1. The number of aliphatic hydroxyl groups excluding tert-OH is 1. The van der Waals surface area contributed by atoms with Crippen molar-refractivity contribution in [2.45, 2.75) is 56.7 Å². The molecule has 0 radical (unpaired) electrons. The van der Waals surface area contributed by atoms with Gasteiger partial charge in [-0.1, -0.05) is 66.2 Å². The van der Waals surface area contributed by atoms with Gasteiger partial charge in [0.1, 0.15) is 6.04 Å². The maximum atomic E-state index is 13.8. The third kappa shape index (κ3) is 6.83.